The molecule has 0 spiro atoms. The predicted molar refractivity (Wildman–Crippen MR) is 83.9 cm³/mol. The van der Waals surface area contributed by atoms with Crippen molar-refractivity contribution in [3.63, 3.8) is 0 Å². The Morgan fingerprint density at radius 1 is 0.615 bits per heavy atom. The minimum absolute atomic E-state index is 0.0292. The van der Waals surface area contributed by atoms with E-state index in [1.165, 1.54) is 24.3 Å². The van der Waals surface area contributed by atoms with Gasteiger partial charge < -0.3 is 5.11 Å². The molecule has 3 aromatic carbocycles. The van der Waals surface area contributed by atoms with Crippen LogP contribution in [0.25, 0.3) is 22.3 Å². The topological polar surface area (TPSA) is 20.2 Å². The maximum atomic E-state index is 14.4. The predicted octanol–water partition coefficient (Wildman–Crippen LogP) is 6.16. The summed E-state index contributed by atoms with van der Waals surface area (Å²) in [5.41, 5.74) is -1.58. The van der Waals surface area contributed by atoms with Gasteiger partial charge in [-0.25, -0.2) is 13.2 Å². The summed E-state index contributed by atoms with van der Waals surface area (Å²) in [6.07, 6.45) is -5.19. The molecule has 1 N–H and O–H groups in total. The molecule has 0 heterocycles. The highest BCUT2D eigenvalue weighted by atomic mass is 19.4. The van der Waals surface area contributed by atoms with E-state index in [2.05, 4.69) is 0 Å². The summed E-state index contributed by atoms with van der Waals surface area (Å²) < 4.78 is 79.6. The molecule has 0 bridgehead atoms. The molecular formula is C19H10F6O. The Morgan fingerprint density at radius 3 is 1.62 bits per heavy atom. The van der Waals surface area contributed by atoms with E-state index in [-0.39, 0.29) is 16.9 Å². The van der Waals surface area contributed by atoms with E-state index >= 15 is 0 Å². The highest BCUT2D eigenvalue weighted by Gasteiger charge is 2.38. The summed E-state index contributed by atoms with van der Waals surface area (Å²) in [6, 6.07) is 10.6. The largest absolute Gasteiger partial charge is 0.508 e. The lowest BCUT2D eigenvalue weighted by Crippen LogP contribution is -2.11. The van der Waals surface area contributed by atoms with Gasteiger partial charge >= 0.3 is 6.18 Å². The number of hydrogen-bond donors (Lipinski definition) is 1. The molecule has 7 heteroatoms. The Bertz CT molecular complexity index is 938. The zero-order valence-corrected chi connectivity index (χ0v) is 12.9. The number of aromatic hydroxyl groups is 1. The van der Waals surface area contributed by atoms with Crippen LogP contribution in [0.5, 0.6) is 5.75 Å². The summed E-state index contributed by atoms with van der Waals surface area (Å²) in [5.74, 6) is -4.44. The smallest absolute Gasteiger partial charge is 0.422 e. The standard InChI is InChI=1S/C19H10F6O/c20-15-7-11(10-1-4-13(26)5-2-10)3-6-14(15)12-8-16(21)18(17(22)9-12)19(23,24)25/h1-9,26H. The van der Waals surface area contributed by atoms with Gasteiger partial charge in [0.1, 0.15) is 28.8 Å². The molecule has 3 rings (SSSR count). The third-order valence-corrected chi connectivity index (χ3v) is 3.81. The average molecular weight is 368 g/mol. The molecule has 1 nitrogen and oxygen atoms in total. The first-order valence-corrected chi connectivity index (χ1v) is 7.32. The van der Waals surface area contributed by atoms with Crippen molar-refractivity contribution in [1.82, 2.24) is 0 Å². The molecule has 0 aliphatic carbocycles. The highest BCUT2D eigenvalue weighted by molar-refractivity contribution is 5.71. The Balaban J connectivity index is 2.04. The summed E-state index contributed by atoms with van der Waals surface area (Å²) >= 11 is 0. The van der Waals surface area contributed by atoms with E-state index in [1.54, 1.807) is 12.1 Å². The van der Waals surface area contributed by atoms with Crippen molar-refractivity contribution >= 4 is 0 Å². The minimum atomic E-state index is -5.19. The van der Waals surface area contributed by atoms with Gasteiger partial charge in [0, 0.05) is 5.56 Å². The number of halogens is 6. The molecule has 0 aliphatic heterocycles. The summed E-state index contributed by atoms with van der Waals surface area (Å²) in [4.78, 5) is 0. The van der Waals surface area contributed by atoms with Gasteiger partial charge in [0.25, 0.3) is 0 Å². The van der Waals surface area contributed by atoms with Gasteiger partial charge in [0.05, 0.1) is 0 Å². The van der Waals surface area contributed by atoms with Crippen LogP contribution in [0.1, 0.15) is 5.56 Å². The van der Waals surface area contributed by atoms with Crippen molar-refractivity contribution in [2.45, 2.75) is 6.18 Å². The van der Waals surface area contributed by atoms with Crippen LogP contribution in [0.2, 0.25) is 0 Å². The maximum absolute atomic E-state index is 14.4. The SMILES string of the molecule is Oc1ccc(-c2ccc(-c3cc(F)c(C(F)(F)F)c(F)c3)c(F)c2)cc1. The van der Waals surface area contributed by atoms with E-state index < -0.39 is 29.2 Å². The van der Waals surface area contributed by atoms with Crippen LogP contribution in [0.3, 0.4) is 0 Å². The first-order valence-electron chi connectivity index (χ1n) is 7.32. The van der Waals surface area contributed by atoms with Crippen LogP contribution in [0.4, 0.5) is 26.3 Å². The lowest BCUT2D eigenvalue weighted by molar-refractivity contribution is -0.142. The van der Waals surface area contributed by atoms with E-state index in [1.807, 2.05) is 0 Å². The minimum Gasteiger partial charge on any atom is -0.508 e. The average Bonchev–Trinajstić information content (AvgIpc) is 2.53. The molecule has 134 valence electrons. The molecule has 0 fully saturated rings. The molecule has 0 radical (unpaired) electrons. The lowest BCUT2D eigenvalue weighted by Gasteiger charge is -2.12. The zero-order chi connectivity index (χ0) is 19.1. The van der Waals surface area contributed by atoms with Crippen molar-refractivity contribution in [3.8, 4) is 28.0 Å². The Hall–Kier alpha value is -2.96. The van der Waals surface area contributed by atoms with Crippen molar-refractivity contribution in [2.24, 2.45) is 0 Å². The Labute approximate surface area is 144 Å². The van der Waals surface area contributed by atoms with Crippen molar-refractivity contribution in [2.75, 3.05) is 0 Å². The fraction of sp³-hybridized carbons (Fsp3) is 0.0526. The third kappa shape index (κ3) is 3.37. The van der Waals surface area contributed by atoms with Gasteiger partial charge in [-0.05, 0) is 47.0 Å². The van der Waals surface area contributed by atoms with E-state index in [0.717, 1.165) is 6.07 Å². The van der Waals surface area contributed by atoms with Gasteiger partial charge in [-0.3, -0.25) is 0 Å². The second kappa shape index (κ2) is 6.40. The fourth-order valence-corrected chi connectivity index (χ4v) is 2.58. The molecule has 0 atom stereocenters. The van der Waals surface area contributed by atoms with Crippen LogP contribution in [0, 0.1) is 17.5 Å². The molecule has 0 amide bonds. The number of phenolic OH excluding ortho intramolecular Hbond substituents is 1. The normalized spacial score (nSPS) is 11.6. The second-order valence-corrected chi connectivity index (χ2v) is 5.55. The number of alkyl halides is 3. The molecule has 0 aliphatic rings. The molecule has 0 saturated heterocycles. The molecule has 26 heavy (non-hydrogen) atoms. The number of hydrogen-bond acceptors (Lipinski definition) is 1. The first kappa shape index (κ1) is 17.8. The van der Waals surface area contributed by atoms with Crippen molar-refractivity contribution in [3.05, 3.63) is 77.6 Å². The van der Waals surface area contributed by atoms with Crippen molar-refractivity contribution in [1.29, 1.82) is 0 Å². The van der Waals surface area contributed by atoms with Crippen LogP contribution < -0.4 is 0 Å². The molecule has 0 aromatic heterocycles. The summed E-state index contributed by atoms with van der Waals surface area (Å²) in [5, 5.41) is 9.26. The number of rotatable bonds is 2. The third-order valence-electron chi connectivity index (χ3n) is 3.81. The van der Waals surface area contributed by atoms with Gasteiger partial charge in [-0.15, -0.1) is 0 Å². The highest BCUT2D eigenvalue weighted by Crippen LogP contribution is 2.37. The monoisotopic (exact) mass is 368 g/mol. The zero-order valence-electron chi connectivity index (χ0n) is 12.9. The van der Waals surface area contributed by atoms with Crippen molar-refractivity contribution < 1.29 is 31.4 Å². The fourth-order valence-electron chi connectivity index (χ4n) is 2.58. The molecular weight excluding hydrogens is 358 g/mol. The van der Waals surface area contributed by atoms with E-state index in [4.69, 9.17) is 0 Å². The van der Waals surface area contributed by atoms with Crippen LogP contribution in [0.15, 0.2) is 54.6 Å². The van der Waals surface area contributed by atoms with Crippen LogP contribution in [-0.2, 0) is 6.18 Å². The first-order chi connectivity index (χ1) is 12.2. The van der Waals surface area contributed by atoms with Gasteiger partial charge in [-0.1, -0.05) is 24.3 Å². The van der Waals surface area contributed by atoms with E-state index in [9.17, 15) is 31.4 Å². The molecule has 0 unspecified atom stereocenters. The quantitative estimate of drug-likeness (QED) is 0.537. The molecule has 3 aromatic rings. The van der Waals surface area contributed by atoms with Gasteiger partial charge in [0.2, 0.25) is 0 Å². The number of phenols is 1. The molecule has 0 saturated carbocycles. The summed E-state index contributed by atoms with van der Waals surface area (Å²) in [6.45, 7) is 0. The summed E-state index contributed by atoms with van der Waals surface area (Å²) in [7, 11) is 0. The lowest BCUT2D eigenvalue weighted by atomic mass is 9.98. The van der Waals surface area contributed by atoms with E-state index in [0.29, 0.717) is 23.3 Å². The Kier molecular flexibility index (Phi) is 4.39. The van der Waals surface area contributed by atoms with Crippen LogP contribution in [-0.4, -0.2) is 5.11 Å². The van der Waals surface area contributed by atoms with Gasteiger partial charge in [-0.2, -0.15) is 13.2 Å². The van der Waals surface area contributed by atoms with Gasteiger partial charge in [0.15, 0.2) is 0 Å². The second-order valence-electron chi connectivity index (χ2n) is 5.55. The Morgan fingerprint density at radius 2 is 1.12 bits per heavy atom. The number of benzene rings is 3. The van der Waals surface area contributed by atoms with Crippen LogP contribution >= 0.6 is 0 Å². The maximum Gasteiger partial charge on any atom is 0.422 e.